The minimum absolute atomic E-state index is 0.217. The largest absolute Gasteiger partial charge is 0.385 e. The van der Waals surface area contributed by atoms with Crippen LogP contribution in [0.2, 0.25) is 0 Å². The van der Waals surface area contributed by atoms with Crippen molar-refractivity contribution in [1.82, 2.24) is 4.90 Å². The summed E-state index contributed by atoms with van der Waals surface area (Å²) in [7, 11) is 0. The Balaban J connectivity index is 1.46. The van der Waals surface area contributed by atoms with Crippen LogP contribution in [0.1, 0.15) is 47.2 Å². The third-order valence-corrected chi connectivity index (χ3v) is 5.21. The Morgan fingerprint density at radius 2 is 1.80 bits per heavy atom. The van der Waals surface area contributed by atoms with E-state index in [1.54, 1.807) is 0 Å². The number of aliphatic hydroxyl groups is 1. The van der Waals surface area contributed by atoms with Gasteiger partial charge in [-0.15, -0.1) is 0 Å². The second-order valence-electron chi connectivity index (χ2n) is 7.14. The van der Waals surface area contributed by atoms with Crippen LogP contribution in [0.25, 0.3) is 0 Å². The number of benzene rings is 2. The number of nitrogens with zero attached hydrogens (tertiary/aromatic N) is 1. The van der Waals surface area contributed by atoms with Crippen molar-refractivity contribution < 1.29 is 9.90 Å². The molecule has 1 heterocycles. The molecule has 2 aromatic rings. The van der Waals surface area contributed by atoms with Gasteiger partial charge >= 0.3 is 0 Å². The number of ketones is 1. The lowest BCUT2D eigenvalue weighted by Crippen LogP contribution is -2.43. The molecular formula is C22H27NO2. The van der Waals surface area contributed by atoms with Gasteiger partial charge in [-0.3, -0.25) is 4.79 Å². The van der Waals surface area contributed by atoms with Crippen molar-refractivity contribution in [3.05, 3.63) is 71.3 Å². The Morgan fingerprint density at radius 1 is 1.08 bits per heavy atom. The number of likely N-dealkylation sites (tertiary alicyclic amines) is 1. The molecule has 0 atom stereocenters. The molecule has 0 aromatic heterocycles. The molecule has 1 aliphatic heterocycles. The molecule has 0 saturated carbocycles. The summed E-state index contributed by atoms with van der Waals surface area (Å²) in [6.07, 6.45) is 2.96. The summed E-state index contributed by atoms with van der Waals surface area (Å²) >= 11 is 0. The number of aryl methyl sites for hydroxylation is 1. The maximum Gasteiger partial charge on any atom is 0.162 e. The maximum absolute atomic E-state index is 12.1. The highest BCUT2D eigenvalue weighted by molar-refractivity contribution is 5.95. The van der Waals surface area contributed by atoms with Gasteiger partial charge in [0.05, 0.1) is 5.60 Å². The summed E-state index contributed by atoms with van der Waals surface area (Å²) in [5.74, 6) is 0.217. The van der Waals surface area contributed by atoms with E-state index in [1.807, 2.05) is 42.5 Å². The quantitative estimate of drug-likeness (QED) is 0.812. The van der Waals surface area contributed by atoms with E-state index in [2.05, 4.69) is 24.0 Å². The summed E-state index contributed by atoms with van der Waals surface area (Å²) in [4.78, 5) is 14.5. The normalized spacial score (nSPS) is 17.4. The fourth-order valence-electron chi connectivity index (χ4n) is 3.60. The summed E-state index contributed by atoms with van der Waals surface area (Å²) in [5, 5.41) is 11.0. The Labute approximate surface area is 150 Å². The molecule has 3 rings (SSSR count). The molecule has 0 amide bonds. The number of Topliss-reactive ketones (excluding diaryl/α,β-unsaturated/α-hetero) is 1. The third-order valence-electron chi connectivity index (χ3n) is 5.21. The molecule has 0 aliphatic carbocycles. The molecule has 1 fully saturated rings. The van der Waals surface area contributed by atoms with Crippen LogP contribution in [0.15, 0.2) is 54.6 Å². The summed E-state index contributed by atoms with van der Waals surface area (Å²) in [6.45, 7) is 4.74. The van der Waals surface area contributed by atoms with Crippen LogP contribution in [0.4, 0.5) is 0 Å². The molecule has 1 aliphatic rings. The van der Waals surface area contributed by atoms with E-state index >= 15 is 0 Å². The Bertz CT molecular complexity index is 703. The van der Waals surface area contributed by atoms with E-state index in [0.717, 1.165) is 50.0 Å². The Kier molecular flexibility index (Phi) is 5.67. The third kappa shape index (κ3) is 4.56. The molecule has 1 N–H and O–H groups in total. The smallest absolute Gasteiger partial charge is 0.162 e. The van der Waals surface area contributed by atoms with Crippen molar-refractivity contribution in [3.8, 4) is 0 Å². The minimum atomic E-state index is -0.706. The van der Waals surface area contributed by atoms with Gasteiger partial charge in [0.2, 0.25) is 0 Å². The number of hydrogen-bond donors (Lipinski definition) is 1. The van der Waals surface area contributed by atoms with Crippen LogP contribution in [-0.2, 0) is 5.60 Å². The van der Waals surface area contributed by atoms with Gasteiger partial charge in [0, 0.05) is 25.1 Å². The molecule has 0 bridgehead atoms. The number of carbonyl (C=O) groups excluding carboxylic acids is 1. The maximum atomic E-state index is 12.1. The lowest BCUT2D eigenvalue weighted by Gasteiger charge is -2.38. The van der Waals surface area contributed by atoms with Gasteiger partial charge < -0.3 is 10.0 Å². The molecule has 132 valence electrons. The van der Waals surface area contributed by atoms with Crippen LogP contribution in [0, 0.1) is 6.92 Å². The lowest BCUT2D eigenvalue weighted by molar-refractivity contribution is -0.0260. The van der Waals surface area contributed by atoms with Gasteiger partial charge in [-0.25, -0.2) is 0 Å². The topological polar surface area (TPSA) is 40.5 Å². The predicted octanol–water partition coefficient (Wildman–Crippen LogP) is 3.94. The first-order chi connectivity index (χ1) is 12.1. The first-order valence-electron chi connectivity index (χ1n) is 9.17. The first kappa shape index (κ1) is 17.8. The van der Waals surface area contributed by atoms with Gasteiger partial charge in [0.15, 0.2) is 5.78 Å². The zero-order valence-electron chi connectivity index (χ0n) is 14.9. The van der Waals surface area contributed by atoms with Crippen molar-refractivity contribution in [2.24, 2.45) is 0 Å². The Hall–Kier alpha value is -1.97. The lowest BCUT2D eigenvalue weighted by atomic mass is 9.84. The number of piperidine rings is 1. The van der Waals surface area contributed by atoms with Crippen LogP contribution < -0.4 is 0 Å². The molecule has 25 heavy (non-hydrogen) atoms. The van der Waals surface area contributed by atoms with Crippen molar-refractivity contribution in [1.29, 1.82) is 0 Å². The van der Waals surface area contributed by atoms with Gasteiger partial charge in [0.1, 0.15) is 0 Å². The summed E-state index contributed by atoms with van der Waals surface area (Å²) in [5.41, 5.74) is 2.32. The molecule has 3 nitrogen and oxygen atoms in total. The first-order valence-corrected chi connectivity index (χ1v) is 9.17. The fraction of sp³-hybridized carbons (Fsp3) is 0.409. The van der Waals surface area contributed by atoms with Crippen molar-refractivity contribution in [2.45, 2.75) is 38.2 Å². The second-order valence-corrected chi connectivity index (χ2v) is 7.14. The fourth-order valence-corrected chi connectivity index (χ4v) is 3.60. The minimum Gasteiger partial charge on any atom is -0.385 e. The van der Waals surface area contributed by atoms with E-state index in [1.165, 1.54) is 5.56 Å². The van der Waals surface area contributed by atoms with Crippen LogP contribution >= 0.6 is 0 Å². The molecule has 1 saturated heterocycles. The summed E-state index contributed by atoms with van der Waals surface area (Å²) < 4.78 is 0. The predicted molar refractivity (Wildman–Crippen MR) is 101 cm³/mol. The molecule has 3 heteroatoms. The highest BCUT2D eigenvalue weighted by atomic mass is 16.3. The highest BCUT2D eigenvalue weighted by Gasteiger charge is 2.33. The van der Waals surface area contributed by atoms with Gasteiger partial charge in [-0.05, 0) is 38.3 Å². The molecule has 0 radical (unpaired) electrons. The monoisotopic (exact) mass is 337 g/mol. The molecular weight excluding hydrogens is 310 g/mol. The van der Waals surface area contributed by atoms with E-state index in [9.17, 15) is 9.90 Å². The molecule has 0 spiro atoms. The van der Waals surface area contributed by atoms with Crippen molar-refractivity contribution in [2.75, 3.05) is 19.6 Å². The summed E-state index contributed by atoms with van der Waals surface area (Å²) in [6, 6.07) is 17.7. The Morgan fingerprint density at radius 3 is 2.48 bits per heavy atom. The number of rotatable bonds is 6. The zero-order valence-corrected chi connectivity index (χ0v) is 14.9. The number of hydrogen-bond acceptors (Lipinski definition) is 3. The average molecular weight is 337 g/mol. The van der Waals surface area contributed by atoms with Gasteiger partial charge in [-0.2, -0.15) is 0 Å². The van der Waals surface area contributed by atoms with Crippen LogP contribution in [0.5, 0.6) is 0 Å². The molecule has 0 unspecified atom stereocenters. The van der Waals surface area contributed by atoms with Crippen molar-refractivity contribution >= 4 is 5.78 Å². The van der Waals surface area contributed by atoms with E-state index in [4.69, 9.17) is 0 Å². The standard InChI is InChI=1S/C22H27NO2/c1-18-7-5-10-20(17-18)22(25)12-15-23(16-13-22)14-6-11-21(24)19-8-3-2-4-9-19/h2-5,7-10,17,25H,6,11-16H2,1H3. The number of carbonyl (C=O) groups is 1. The van der Waals surface area contributed by atoms with E-state index < -0.39 is 5.60 Å². The van der Waals surface area contributed by atoms with Crippen LogP contribution in [0.3, 0.4) is 0 Å². The second kappa shape index (κ2) is 7.94. The van der Waals surface area contributed by atoms with Crippen LogP contribution in [-0.4, -0.2) is 35.4 Å². The van der Waals surface area contributed by atoms with Gasteiger partial charge in [0.25, 0.3) is 0 Å². The van der Waals surface area contributed by atoms with Gasteiger partial charge in [-0.1, -0.05) is 60.2 Å². The SMILES string of the molecule is Cc1cccc(C2(O)CCN(CCCC(=O)c3ccccc3)CC2)c1. The van der Waals surface area contributed by atoms with Crippen molar-refractivity contribution in [3.63, 3.8) is 0 Å². The molecule has 2 aromatic carbocycles. The van der Waals surface area contributed by atoms with E-state index in [-0.39, 0.29) is 5.78 Å². The van der Waals surface area contributed by atoms with E-state index in [0.29, 0.717) is 6.42 Å². The highest BCUT2D eigenvalue weighted by Crippen LogP contribution is 2.33. The average Bonchev–Trinajstić information content (AvgIpc) is 2.64. The zero-order chi connectivity index (χ0) is 17.7.